The van der Waals surface area contributed by atoms with Crippen LogP contribution in [0.25, 0.3) is 0 Å². The fourth-order valence-electron chi connectivity index (χ4n) is 2.06. The van der Waals surface area contributed by atoms with E-state index >= 15 is 0 Å². The Hall–Kier alpha value is -2.29. The van der Waals surface area contributed by atoms with Crippen molar-refractivity contribution in [2.24, 2.45) is 0 Å². The van der Waals surface area contributed by atoms with Crippen LogP contribution in [-0.2, 0) is 30.5 Å². The molecule has 1 rings (SSSR count). The van der Waals surface area contributed by atoms with Crippen LogP contribution in [0.15, 0.2) is 23.1 Å². The number of hydrogen-bond acceptors (Lipinski definition) is 7. The van der Waals surface area contributed by atoms with Gasteiger partial charge in [-0.2, -0.15) is 0 Å². The first-order valence-electron chi connectivity index (χ1n) is 7.43. The van der Waals surface area contributed by atoms with E-state index in [2.05, 4.69) is 10.1 Å². The van der Waals surface area contributed by atoms with Crippen LogP contribution in [0, 0.1) is 0 Å². The Bertz CT molecular complexity index is 750. The number of esters is 1. The molecule has 1 atom stereocenters. The number of hydrogen-bond donors (Lipinski definition) is 2. The molecule has 1 aromatic rings. The number of phenolic OH excluding ortho intramolecular Hbond substituents is 1. The summed E-state index contributed by atoms with van der Waals surface area (Å²) in [4.78, 5) is 23.7. The molecule has 8 nitrogen and oxygen atoms in total. The van der Waals surface area contributed by atoms with E-state index in [4.69, 9.17) is 4.74 Å². The second-order valence-corrected chi connectivity index (χ2v) is 8.47. The Morgan fingerprint density at radius 2 is 1.88 bits per heavy atom. The molecule has 25 heavy (non-hydrogen) atoms. The number of nitrogens with one attached hydrogen (secondary N) is 1. The first kappa shape index (κ1) is 20.8. The van der Waals surface area contributed by atoms with Crippen LogP contribution in [0.4, 0.5) is 4.79 Å². The van der Waals surface area contributed by atoms with Crippen LogP contribution in [0.3, 0.4) is 0 Å². The molecule has 2 N–H and O–H groups in total. The third kappa shape index (κ3) is 6.61. The molecule has 0 saturated heterocycles. The van der Waals surface area contributed by atoms with Crippen LogP contribution in [-0.4, -0.2) is 50.6 Å². The minimum absolute atomic E-state index is 0.132. The van der Waals surface area contributed by atoms with E-state index in [0.29, 0.717) is 0 Å². The summed E-state index contributed by atoms with van der Waals surface area (Å²) in [5.41, 5.74) is -0.506. The first-order chi connectivity index (χ1) is 11.3. The zero-order chi connectivity index (χ0) is 19.4. The first-order valence-corrected chi connectivity index (χ1v) is 9.32. The van der Waals surface area contributed by atoms with Gasteiger partial charge >= 0.3 is 12.1 Å². The maximum Gasteiger partial charge on any atom is 0.408 e. The van der Waals surface area contributed by atoms with E-state index in [1.165, 1.54) is 12.1 Å². The van der Waals surface area contributed by atoms with E-state index in [-0.39, 0.29) is 22.6 Å². The number of rotatable bonds is 5. The lowest BCUT2D eigenvalue weighted by Gasteiger charge is -2.23. The molecule has 0 aromatic heterocycles. The maximum atomic E-state index is 12.0. The molecule has 0 aliphatic carbocycles. The van der Waals surface area contributed by atoms with Crippen molar-refractivity contribution in [1.82, 2.24) is 5.32 Å². The molecule has 0 heterocycles. The van der Waals surface area contributed by atoms with Gasteiger partial charge in [0.2, 0.25) is 0 Å². The highest BCUT2D eigenvalue weighted by atomic mass is 32.2. The summed E-state index contributed by atoms with van der Waals surface area (Å²) in [5, 5.41) is 11.9. The summed E-state index contributed by atoms with van der Waals surface area (Å²) in [6, 6.07) is 2.61. The fourth-order valence-corrected chi connectivity index (χ4v) is 3.02. The minimum Gasteiger partial charge on any atom is -0.508 e. The number of carbonyl (C=O) groups is 2. The summed E-state index contributed by atoms with van der Waals surface area (Å²) < 4.78 is 33.6. The summed E-state index contributed by atoms with van der Waals surface area (Å²) in [6.45, 7) is 5.00. The summed E-state index contributed by atoms with van der Waals surface area (Å²) in [6.07, 6.45) is 0.0106. The van der Waals surface area contributed by atoms with Gasteiger partial charge in [-0.3, -0.25) is 0 Å². The van der Waals surface area contributed by atoms with Crippen molar-refractivity contribution in [2.45, 2.75) is 43.7 Å². The average Bonchev–Trinajstić information content (AvgIpc) is 2.44. The summed E-state index contributed by atoms with van der Waals surface area (Å²) in [5.74, 6) is -0.975. The van der Waals surface area contributed by atoms with Crippen molar-refractivity contribution in [1.29, 1.82) is 0 Å². The van der Waals surface area contributed by atoms with Gasteiger partial charge in [0.15, 0.2) is 9.84 Å². The number of aromatic hydroxyl groups is 1. The Labute approximate surface area is 147 Å². The van der Waals surface area contributed by atoms with Crippen molar-refractivity contribution >= 4 is 21.9 Å². The number of sulfone groups is 1. The number of alkyl carbamates (subject to hydrolysis) is 1. The molecule has 1 amide bonds. The molecule has 140 valence electrons. The summed E-state index contributed by atoms with van der Waals surface area (Å²) >= 11 is 0. The molecule has 0 radical (unpaired) electrons. The third-order valence-corrected chi connectivity index (χ3v) is 4.23. The summed E-state index contributed by atoms with van der Waals surface area (Å²) in [7, 11) is -2.49. The van der Waals surface area contributed by atoms with Gasteiger partial charge in [-0.15, -0.1) is 0 Å². The normalized spacial score (nSPS) is 13.0. The topological polar surface area (TPSA) is 119 Å². The highest BCUT2D eigenvalue weighted by molar-refractivity contribution is 7.90. The van der Waals surface area contributed by atoms with Gasteiger partial charge in [-0.1, -0.05) is 6.07 Å². The lowest BCUT2D eigenvalue weighted by molar-refractivity contribution is -0.143. The van der Waals surface area contributed by atoms with Gasteiger partial charge in [0, 0.05) is 12.7 Å². The van der Waals surface area contributed by atoms with E-state index < -0.39 is 33.5 Å². The number of methoxy groups -OCH3 is 1. The van der Waals surface area contributed by atoms with Crippen molar-refractivity contribution < 1.29 is 32.6 Å². The molecule has 0 aliphatic heterocycles. The van der Waals surface area contributed by atoms with Gasteiger partial charge in [0.05, 0.1) is 12.0 Å². The number of ether oxygens (including phenoxy) is 2. The van der Waals surface area contributed by atoms with E-state index in [1.54, 1.807) is 20.8 Å². The average molecular weight is 373 g/mol. The predicted molar refractivity (Wildman–Crippen MR) is 90.1 cm³/mol. The number of phenols is 1. The van der Waals surface area contributed by atoms with Crippen LogP contribution < -0.4 is 5.32 Å². The Balaban J connectivity index is 3.12. The van der Waals surface area contributed by atoms with Crippen molar-refractivity contribution in [3.05, 3.63) is 23.8 Å². The van der Waals surface area contributed by atoms with Gasteiger partial charge in [0.1, 0.15) is 17.4 Å². The van der Waals surface area contributed by atoms with Crippen LogP contribution >= 0.6 is 0 Å². The lowest BCUT2D eigenvalue weighted by Crippen LogP contribution is -2.45. The van der Waals surface area contributed by atoms with Gasteiger partial charge < -0.3 is 19.9 Å². The van der Waals surface area contributed by atoms with Gasteiger partial charge in [-0.25, -0.2) is 18.0 Å². The van der Waals surface area contributed by atoms with Crippen LogP contribution in [0.1, 0.15) is 26.3 Å². The van der Waals surface area contributed by atoms with Gasteiger partial charge in [0.25, 0.3) is 0 Å². The Morgan fingerprint density at radius 3 is 2.36 bits per heavy atom. The molecule has 0 fully saturated rings. The van der Waals surface area contributed by atoms with E-state index in [9.17, 15) is 23.1 Å². The zero-order valence-electron chi connectivity index (χ0n) is 14.8. The van der Waals surface area contributed by atoms with Crippen molar-refractivity contribution in [2.75, 3.05) is 13.4 Å². The molecule has 0 aliphatic rings. The van der Waals surface area contributed by atoms with E-state index in [0.717, 1.165) is 19.4 Å². The standard InChI is InChI=1S/C16H23NO7S/c1-16(2,3)24-15(20)17-12(14(19)23-4)8-10-6-7-11(18)9-13(10)25(5,21)22/h6-7,9,12,18H,8H2,1-5H3,(H,17,20)/t12-/m0/s1. The largest absolute Gasteiger partial charge is 0.508 e. The van der Waals surface area contributed by atoms with Crippen LogP contribution in [0.5, 0.6) is 5.75 Å². The second kappa shape index (κ2) is 7.73. The molecule has 0 unspecified atom stereocenters. The van der Waals surface area contributed by atoms with Crippen LogP contribution in [0.2, 0.25) is 0 Å². The quantitative estimate of drug-likeness (QED) is 0.749. The second-order valence-electron chi connectivity index (χ2n) is 6.49. The van der Waals surface area contributed by atoms with Gasteiger partial charge in [-0.05, 0) is 38.5 Å². The molecule has 0 spiro atoms. The fraction of sp³-hybridized carbons (Fsp3) is 0.500. The number of carbonyl (C=O) groups excluding carboxylic acids is 2. The highest BCUT2D eigenvalue weighted by Gasteiger charge is 2.27. The number of amides is 1. The van der Waals surface area contributed by atoms with Crippen molar-refractivity contribution in [3.63, 3.8) is 0 Å². The highest BCUT2D eigenvalue weighted by Crippen LogP contribution is 2.23. The van der Waals surface area contributed by atoms with E-state index in [1.807, 2.05) is 0 Å². The minimum atomic E-state index is -3.65. The molecule has 1 aromatic carbocycles. The molecule has 0 bridgehead atoms. The smallest absolute Gasteiger partial charge is 0.408 e. The van der Waals surface area contributed by atoms with Crippen molar-refractivity contribution in [3.8, 4) is 5.75 Å². The lowest BCUT2D eigenvalue weighted by atomic mass is 10.1. The maximum absolute atomic E-state index is 12.0. The molecule has 0 saturated carbocycles. The molecular formula is C16H23NO7S. The third-order valence-electron chi connectivity index (χ3n) is 3.05. The molecular weight excluding hydrogens is 350 g/mol. The predicted octanol–water partition coefficient (Wildman–Crippen LogP) is 1.40. The molecule has 9 heteroatoms. The Kier molecular flexibility index (Phi) is 6.42. The SMILES string of the molecule is COC(=O)[C@H](Cc1ccc(O)cc1S(C)(=O)=O)NC(=O)OC(C)(C)C. The zero-order valence-corrected chi connectivity index (χ0v) is 15.6. The monoisotopic (exact) mass is 373 g/mol. The Morgan fingerprint density at radius 1 is 1.28 bits per heavy atom. The number of benzene rings is 1.